The van der Waals surface area contributed by atoms with Crippen molar-refractivity contribution in [3.8, 4) is 11.5 Å². The molecule has 0 saturated heterocycles. The number of ether oxygens (including phenoxy) is 3. The summed E-state index contributed by atoms with van der Waals surface area (Å²) < 4.78 is 15.7. The molecular formula is C27H27NO6. The van der Waals surface area contributed by atoms with Crippen LogP contribution in [-0.4, -0.2) is 31.0 Å². The van der Waals surface area contributed by atoms with Crippen molar-refractivity contribution in [1.29, 1.82) is 0 Å². The van der Waals surface area contributed by atoms with Gasteiger partial charge >= 0.3 is 11.9 Å². The molecule has 1 amide bonds. The van der Waals surface area contributed by atoms with Crippen LogP contribution in [0.5, 0.6) is 11.5 Å². The van der Waals surface area contributed by atoms with Gasteiger partial charge in [0.1, 0.15) is 24.1 Å². The molecule has 0 heterocycles. The van der Waals surface area contributed by atoms with Gasteiger partial charge in [0, 0.05) is 12.5 Å². The summed E-state index contributed by atoms with van der Waals surface area (Å²) in [5, 5.41) is 2.79. The highest BCUT2D eigenvalue weighted by Crippen LogP contribution is 2.16. The van der Waals surface area contributed by atoms with E-state index in [1.807, 2.05) is 42.5 Å². The predicted octanol–water partition coefficient (Wildman–Crippen LogP) is 4.10. The number of methoxy groups -OCH3 is 1. The Morgan fingerprint density at radius 3 is 2.09 bits per heavy atom. The number of nitrogens with one attached hydrogen (secondary N) is 1. The molecule has 0 saturated carbocycles. The topological polar surface area (TPSA) is 90.9 Å². The molecule has 1 atom stereocenters. The zero-order valence-electron chi connectivity index (χ0n) is 19.2. The Morgan fingerprint density at radius 1 is 0.824 bits per heavy atom. The summed E-state index contributed by atoms with van der Waals surface area (Å²) in [6.45, 7) is 1.46. The van der Waals surface area contributed by atoms with Crippen molar-refractivity contribution < 1.29 is 28.6 Å². The number of esters is 2. The predicted molar refractivity (Wildman–Crippen MR) is 127 cm³/mol. The van der Waals surface area contributed by atoms with E-state index in [1.54, 1.807) is 43.5 Å². The second-order valence-electron chi connectivity index (χ2n) is 7.62. The summed E-state index contributed by atoms with van der Waals surface area (Å²) in [5.74, 6) is -0.206. The molecule has 0 bridgehead atoms. The molecule has 0 aromatic heterocycles. The van der Waals surface area contributed by atoms with E-state index in [1.165, 1.54) is 6.92 Å². The fourth-order valence-corrected chi connectivity index (χ4v) is 3.26. The van der Waals surface area contributed by atoms with Gasteiger partial charge in [0.2, 0.25) is 0 Å². The van der Waals surface area contributed by atoms with Crippen LogP contribution >= 0.6 is 0 Å². The zero-order chi connectivity index (χ0) is 24.3. The van der Waals surface area contributed by atoms with Crippen LogP contribution in [0.1, 0.15) is 34.8 Å². The average Bonchev–Trinajstić information content (AvgIpc) is 2.86. The van der Waals surface area contributed by atoms with Crippen LogP contribution in [0.2, 0.25) is 0 Å². The minimum atomic E-state index is -0.841. The van der Waals surface area contributed by atoms with E-state index in [0.29, 0.717) is 29.9 Å². The third-order valence-electron chi connectivity index (χ3n) is 5.07. The first kappa shape index (κ1) is 24.5. The molecule has 0 spiro atoms. The number of aryl methyl sites for hydroxylation is 1. The highest BCUT2D eigenvalue weighted by molar-refractivity contribution is 5.96. The van der Waals surface area contributed by atoms with E-state index < -0.39 is 18.0 Å². The highest BCUT2D eigenvalue weighted by Gasteiger charge is 2.23. The van der Waals surface area contributed by atoms with Crippen LogP contribution in [0.4, 0.5) is 0 Å². The molecule has 3 aromatic carbocycles. The Morgan fingerprint density at radius 2 is 1.47 bits per heavy atom. The quantitative estimate of drug-likeness (QED) is 0.361. The second-order valence-corrected chi connectivity index (χ2v) is 7.62. The van der Waals surface area contributed by atoms with Gasteiger partial charge in [-0.05, 0) is 60.4 Å². The molecule has 0 aliphatic heterocycles. The van der Waals surface area contributed by atoms with E-state index in [4.69, 9.17) is 14.2 Å². The molecule has 0 radical (unpaired) electrons. The lowest BCUT2D eigenvalue weighted by Crippen LogP contribution is -2.42. The first-order valence-corrected chi connectivity index (χ1v) is 10.9. The fraction of sp³-hybridized carbons (Fsp3) is 0.222. The molecule has 7 heteroatoms. The molecule has 0 fully saturated rings. The van der Waals surface area contributed by atoms with Crippen molar-refractivity contribution in [2.45, 2.75) is 32.4 Å². The van der Waals surface area contributed by atoms with Crippen LogP contribution in [0.25, 0.3) is 0 Å². The Labute approximate surface area is 198 Å². The van der Waals surface area contributed by atoms with E-state index in [2.05, 4.69) is 5.32 Å². The summed E-state index contributed by atoms with van der Waals surface area (Å²) >= 11 is 0. The second kappa shape index (κ2) is 12.2. The van der Waals surface area contributed by atoms with Gasteiger partial charge in [-0.3, -0.25) is 9.59 Å². The fourth-order valence-electron chi connectivity index (χ4n) is 3.26. The number of benzene rings is 3. The van der Waals surface area contributed by atoms with Gasteiger partial charge in [0.25, 0.3) is 5.91 Å². The summed E-state index contributed by atoms with van der Waals surface area (Å²) in [6.07, 6.45) is 0.844. The van der Waals surface area contributed by atoms with Crippen molar-refractivity contribution >= 4 is 17.8 Å². The van der Waals surface area contributed by atoms with Crippen LogP contribution < -0.4 is 14.8 Å². The summed E-state index contributed by atoms with van der Waals surface area (Å²) in [6, 6.07) is 22.1. The minimum absolute atomic E-state index is 0.117. The Kier molecular flexibility index (Phi) is 8.80. The number of hydrogen-bond donors (Lipinski definition) is 1. The molecule has 176 valence electrons. The average molecular weight is 462 g/mol. The van der Waals surface area contributed by atoms with Gasteiger partial charge in [-0.25, -0.2) is 4.79 Å². The lowest BCUT2D eigenvalue weighted by Gasteiger charge is -2.18. The van der Waals surface area contributed by atoms with E-state index in [0.717, 1.165) is 11.1 Å². The molecule has 3 rings (SSSR count). The summed E-state index contributed by atoms with van der Waals surface area (Å²) in [7, 11) is 1.55. The molecule has 0 unspecified atom stereocenters. The van der Waals surface area contributed by atoms with Crippen LogP contribution in [0.15, 0.2) is 78.9 Å². The number of amides is 1. The Balaban J connectivity index is 1.67. The maximum Gasteiger partial charge on any atom is 0.328 e. The van der Waals surface area contributed by atoms with Gasteiger partial charge in [-0.15, -0.1) is 0 Å². The first-order chi connectivity index (χ1) is 16.4. The zero-order valence-corrected chi connectivity index (χ0v) is 19.2. The Hall–Kier alpha value is -4.13. The number of rotatable bonds is 10. The monoisotopic (exact) mass is 461 g/mol. The van der Waals surface area contributed by atoms with Crippen molar-refractivity contribution in [2.75, 3.05) is 7.11 Å². The molecular weight excluding hydrogens is 434 g/mol. The number of carbonyl (C=O) groups is 3. The molecule has 0 aliphatic rings. The Bertz CT molecular complexity index is 1090. The smallest absolute Gasteiger partial charge is 0.328 e. The molecule has 7 nitrogen and oxygen atoms in total. The molecule has 3 aromatic rings. The van der Waals surface area contributed by atoms with Gasteiger partial charge in [0.15, 0.2) is 0 Å². The highest BCUT2D eigenvalue weighted by atomic mass is 16.5. The molecule has 1 N–H and O–H groups in total. The van der Waals surface area contributed by atoms with Gasteiger partial charge in [-0.2, -0.15) is 0 Å². The summed E-state index contributed by atoms with van der Waals surface area (Å²) in [4.78, 5) is 36.7. The standard InChI is InChI=1S/C27H27NO6/c1-19(29)34-24-13-8-20(9-14-24)10-17-25(27(31)33-18-21-6-4-3-5-7-21)28-26(30)22-11-15-23(32-2)16-12-22/h3-9,11-16,25H,10,17-18H2,1-2H3,(H,28,30)/t25-/m1/s1. The van der Waals surface area contributed by atoms with E-state index in [-0.39, 0.29) is 12.5 Å². The minimum Gasteiger partial charge on any atom is -0.497 e. The van der Waals surface area contributed by atoms with Crippen LogP contribution in [0, 0.1) is 0 Å². The van der Waals surface area contributed by atoms with Crippen molar-refractivity contribution in [3.63, 3.8) is 0 Å². The van der Waals surface area contributed by atoms with E-state index in [9.17, 15) is 14.4 Å². The lowest BCUT2D eigenvalue weighted by atomic mass is 10.0. The SMILES string of the molecule is COc1ccc(C(=O)N[C@H](CCc2ccc(OC(C)=O)cc2)C(=O)OCc2ccccc2)cc1. The maximum absolute atomic E-state index is 12.9. The third kappa shape index (κ3) is 7.48. The van der Waals surface area contributed by atoms with E-state index >= 15 is 0 Å². The maximum atomic E-state index is 12.9. The first-order valence-electron chi connectivity index (χ1n) is 10.9. The lowest BCUT2D eigenvalue weighted by molar-refractivity contribution is -0.147. The molecule has 0 aliphatic carbocycles. The molecule has 34 heavy (non-hydrogen) atoms. The van der Waals surface area contributed by atoms with Crippen LogP contribution in [0.3, 0.4) is 0 Å². The van der Waals surface area contributed by atoms with Gasteiger partial charge in [0.05, 0.1) is 7.11 Å². The van der Waals surface area contributed by atoms with Crippen LogP contribution in [-0.2, 0) is 27.4 Å². The third-order valence-corrected chi connectivity index (χ3v) is 5.07. The summed E-state index contributed by atoms with van der Waals surface area (Å²) in [5.41, 5.74) is 2.19. The number of hydrogen-bond acceptors (Lipinski definition) is 6. The van der Waals surface area contributed by atoms with Crippen molar-refractivity contribution in [2.24, 2.45) is 0 Å². The normalized spacial score (nSPS) is 11.2. The van der Waals surface area contributed by atoms with Crippen molar-refractivity contribution in [1.82, 2.24) is 5.32 Å². The van der Waals surface area contributed by atoms with Gasteiger partial charge in [-0.1, -0.05) is 42.5 Å². The van der Waals surface area contributed by atoms with Gasteiger partial charge < -0.3 is 19.5 Å². The number of carbonyl (C=O) groups excluding carboxylic acids is 3. The van der Waals surface area contributed by atoms with Crippen molar-refractivity contribution in [3.05, 3.63) is 95.6 Å². The largest absolute Gasteiger partial charge is 0.497 e.